The van der Waals surface area contributed by atoms with Crippen molar-refractivity contribution in [1.29, 1.82) is 0 Å². The first-order valence-corrected chi connectivity index (χ1v) is 30.7. The normalized spacial score (nSPS) is 11.4. The smallest absolute Gasteiger partial charge is 0.00928 e. The highest BCUT2D eigenvalue weighted by Crippen LogP contribution is 2.42. The average molecular weight is 1120 g/mol. The molecule has 0 saturated carbocycles. The van der Waals surface area contributed by atoms with Crippen LogP contribution in [0.15, 0.2) is 315 Å². The topological polar surface area (TPSA) is 0 Å². The third-order valence-electron chi connectivity index (χ3n) is 17.9. The van der Waals surface area contributed by atoms with Crippen LogP contribution in [0.25, 0.3) is 154 Å². The Kier molecular flexibility index (Phi) is 13.9. The van der Waals surface area contributed by atoms with Crippen molar-refractivity contribution in [2.24, 2.45) is 0 Å². The van der Waals surface area contributed by atoms with E-state index in [9.17, 15) is 0 Å². The summed E-state index contributed by atoms with van der Waals surface area (Å²) in [7, 11) is 0. The lowest BCUT2D eigenvalue weighted by molar-refractivity contribution is 1.45. The third-order valence-corrected chi connectivity index (χ3v) is 17.9. The molecule has 0 nitrogen and oxygen atoms in total. The number of fused-ring (bicyclic) bond motifs is 12. The van der Waals surface area contributed by atoms with E-state index in [0.717, 1.165) is 0 Å². The molecule has 0 atom stereocenters. The van der Waals surface area contributed by atoms with Crippen LogP contribution in [-0.4, -0.2) is 0 Å². The predicted molar refractivity (Wildman–Crippen MR) is 380 cm³/mol. The van der Waals surface area contributed by atoms with Crippen molar-refractivity contribution in [2.45, 2.75) is 27.7 Å². The molecule has 16 aromatic carbocycles. The molecule has 0 saturated heterocycles. The Morgan fingerprint density at radius 2 is 0.318 bits per heavy atom. The second-order valence-corrected chi connectivity index (χ2v) is 23.9. The minimum absolute atomic E-state index is 1.22. The van der Waals surface area contributed by atoms with Crippen LogP contribution in [0.3, 0.4) is 0 Å². The molecule has 16 aromatic rings. The first-order valence-electron chi connectivity index (χ1n) is 30.7. The summed E-state index contributed by atoms with van der Waals surface area (Å²) in [6.45, 7) is 8.60. The minimum atomic E-state index is 1.22. The van der Waals surface area contributed by atoms with E-state index in [1.165, 1.54) is 176 Å². The highest BCUT2D eigenvalue weighted by Gasteiger charge is 2.15. The zero-order valence-corrected chi connectivity index (χ0v) is 50.0. The van der Waals surface area contributed by atoms with Crippen molar-refractivity contribution in [3.05, 3.63) is 338 Å². The lowest BCUT2D eigenvalue weighted by Crippen LogP contribution is -1.88. The summed E-state index contributed by atoms with van der Waals surface area (Å²) >= 11 is 0. The number of rotatable bonds is 8. The first-order chi connectivity index (χ1) is 43.2. The monoisotopic (exact) mass is 1120 g/mol. The highest BCUT2D eigenvalue weighted by atomic mass is 14.2. The van der Waals surface area contributed by atoms with Crippen molar-refractivity contribution in [1.82, 2.24) is 0 Å². The Morgan fingerprint density at radius 3 is 0.614 bits per heavy atom. The van der Waals surface area contributed by atoms with Gasteiger partial charge < -0.3 is 0 Å². The van der Waals surface area contributed by atoms with Crippen molar-refractivity contribution >= 4 is 64.6 Å². The molecule has 416 valence electrons. The third kappa shape index (κ3) is 10.4. The van der Waals surface area contributed by atoms with Crippen LogP contribution < -0.4 is 0 Å². The molecule has 0 radical (unpaired) electrons. The maximum absolute atomic E-state index is 2.38. The van der Waals surface area contributed by atoms with E-state index in [1.54, 1.807) is 0 Å². The number of hydrogen-bond donors (Lipinski definition) is 0. The van der Waals surface area contributed by atoms with E-state index in [0.29, 0.717) is 0 Å². The molecule has 0 N–H and O–H groups in total. The van der Waals surface area contributed by atoms with Gasteiger partial charge in [-0.1, -0.05) is 277 Å². The lowest BCUT2D eigenvalue weighted by atomic mass is 9.90. The van der Waals surface area contributed by atoms with Gasteiger partial charge in [-0.3, -0.25) is 0 Å². The SMILES string of the molecule is Cc1ccc(-c2cc(-c3ccc(C)cc3)cc(-c3cccc(-c4ccc5c6ccccc6c6ccccc6c5c4)c3)c2)cc1.Cc1cccc(-c2cc(-c3cccc(C)c3)cc(-c3cccc(-c4ccc5c6ccccc6c6ccccc6c5c4)c3)c2)c1. The average Bonchev–Trinajstić information content (AvgIpc) is 1.09. The summed E-state index contributed by atoms with van der Waals surface area (Å²) in [5, 5.41) is 15.6. The number of aryl methyl sites for hydroxylation is 4. The van der Waals surface area contributed by atoms with E-state index >= 15 is 0 Å². The summed E-state index contributed by atoms with van der Waals surface area (Å²) in [5.74, 6) is 0. The molecule has 0 aliphatic carbocycles. The first kappa shape index (κ1) is 53.8. The summed E-state index contributed by atoms with van der Waals surface area (Å²) in [6, 6.07) is 116. The molecule has 0 amide bonds. The van der Waals surface area contributed by atoms with Gasteiger partial charge in [-0.15, -0.1) is 0 Å². The Balaban J connectivity index is 0.000000148. The van der Waals surface area contributed by atoms with E-state index in [2.05, 4.69) is 343 Å². The Bertz CT molecular complexity index is 5150. The molecular weight excluding hydrogens is 1060 g/mol. The van der Waals surface area contributed by atoms with Crippen LogP contribution in [0.4, 0.5) is 0 Å². The van der Waals surface area contributed by atoms with Gasteiger partial charge in [0.25, 0.3) is 0 Å². The summed E-state index contributed by atoms with van der Waals surface area (Å²) in [5.41, 5.74) is 24.7. The summed E-state index contributed by atoms with van der Waals surface area (Å²) < 4.78 is 0. The Labute approximate surface area is 516 Å². The summed E-state index contributed by atoms with van der Waals surface area (Å²) in [6.07, 6.45) is 0. The van der Waals surface area contributed by atoms with Crippen LogP contribution in [-0.2, 0) is 0 Å². The molecular formula is C88H64. The molecule has 0 unspecified atom stereocenters. The number of benzene rings is 16. The fourth-order valence-electron chi connectivity index (χ4n) is 13.3. The predicted octanol–water partition coefficient (Wildman–Crippen LogP) is 24.9. The van der Waals surface area contributed by atoms with E-state index < -0.39 is 0 Å². The van der Waals surface area contributed by atoms with Crippen LogP contribution in [0.1, 0.15) is 22.3 Å². The van der Waals surface area contributed by atoms with Gasteiger partial charge in [0.2, 0.25) is 0 Å². The van der Waals surface area contributed by atoms with E-state index in [4.69, 9.17) is 0 Å². The largest absolute Gasteiger partial charge is 0.0616 e. The summed E-state index contributed by atoms with van der Waals surface area (Å²) in [4.78, 5) is 0. The van der Waals surface area contributed by atoms with Gasteiger partial charge >= 0.3 is 0 Å². The second-order valence-electron chi connectivity index (χ2n) is 23.9. The number of hydrogen-bond acceptors (Lipinski definition) is 0. The molecule has 0 heterocycles. The van der Waals surface area contributed by atoms with Crippen molar-refractivity contribution in [3.63, 3.8) is 0 Å². The van der Waals surface area contributed by atoms with Crippen molar-refractivity contribution in [3.8, 4) is 89.0 Å². The standard InChI is InChI=1S/2C44H32/c1-29-10-7-12-31(22-29)36-25-37(32-13-8-11-30(2)23-32)27-38(26-36)34-15-9-14-33(24-34)35-20-21-43-41-18-4-3-16-39(41)40-17-5-6-19-42(40)44(43)28-35;1-29-14-18-31(19-15-29)36-25-37(32-20-16-30(2)17-21-32)27-38(26-36)34-9-7-8-33(24-34)35-22-23-43-41-12-4-3-10-39(41)40-11-5-6-13-42(40)44(43)28-35/h2*3-28H,1-2H3. The molecule has 0 spiro atoms. The molecule has 16 rings (SSSR count). The van der Waals surface area contributed by atoms with Gasteiger partial charge in [0.05, 0.1) is 0 Å². The Morgan fingerprint density at radius 1 is 0.114 bits per heavy atom. The molecule has 0 aromatic heterocycles. The lowest BCUT2D eigenvalue weighted by Gasteiger charge is -2.14. The minimum Gasteiger partial charge on any atom is -0.0616 e. The molecule has 0 heteroatoms. The van der Waals surface area contributed by atoms with Crippen molar-refractivity contribution in [2.75, 3.05) is 0 Å². The van der Waals surface area contributed by atoms with Crippen LogP contribution in [0.5, 0.6) is 0 Å². The molecule has 88 heavy (non-hydrogen) atoms. The van der Waals surface area contributed by atoms with Crippen molar-refractivity contribution < 1.29 is 0 Å². The van der Waals surface area contributed by atoms with E-state index in [1.807, 2.05) is 0 Å². The molecule has 0 aliphatic rings. The Hall–Kier alpha value is -10.9. The maximum Gasteiger partial charge on any atom is -0.00928 e. The van der Waals surface area contributed by atoms with Gasteiger partial charge in [-0.25, -0.2) is 0 Å². The quantitative estimate of drug-likeness (QED) is 0.133. The maximum atomic E-state index is 2.38. The molecule has 0 fully saturated rings. The van der Waals surface area contributed by atoms with Crippen LogP contribution >= 0.6 is 0 Å². The van der Waals surface area contributed by atoms with Crippen LogP contribution in [0, 0.1) is 27.7 Å². The fraction of sp³-hybridized carbons (Fsp3) is 0.0455. The second kappa shape index (κ2) is 22.8. The van der Waals surface area contributed by atoms with Gasteiger partial charge in [0.15, 0.2) is 0 Å². The van der Waals surface area contributed by atoms with Gasteiger partial charge in [0.1, 0.15) is 0 Å². The fourth-order valence-corrected chi connectivity index (χ4v) is 13.3. The molecule has 0 bridgehead atoms. The zero-order chi connectivity index (χ0) is 59.2. The molecule has 0 aliphatic heterocycles. The van der Waals surface area contributed by atoms with Gasteiger partial charge in [-0.05, 0) is 242 Å². The highest BCUT2D eigenvalue weighted by molar-refractivity contribution is 6.27. The van der Waals surface area contributed by atoms with Gasteiger partial charge in [-0.2, -0.15) is 0 Å². The van der Waals surface area contributed by atoms with E-state index in [-0.39, 0.29) is 0 Å². The van der Waals surface area contributed by atoms with Gasteiger partial charge in [0, 0.05) is 0 Å². The zero-order valence-electron chi connectivity index (χ0n) is 50.0. The van der Waals surface area contributed by atoms with Crippen LogP contribution in [0.2, 0.25) is 0 Å².